The average Bonchev–Trinajstić information content (AvgIpc) is 2.93. The standard InChI is InChI=1S/C15H14N4O3/c20-9-11-3-1-2-6-18(11)15(22)8-19-14-7-16-5-4-12(14)13(10-21)17-19/h1-2,4-5,7,9-11H,3,6,8H2. The molecule has 0 fully saturated rings. The van der Waals surface area contributed by atoms with E-state index in [1.54, 1.807) is 18.5 Å². The third kappa shape index (κ3) is 2.41. The van der Waals surface area contributed by atoms with E-state index in [2.05, 4.69) is 10.1 Å². The van der Waals surface area contributed by atoms with Crippen LogP contribution in [-0.4, -0.2) is 50.7 Å². The molecule has 1 aliphatic heterocycles. The fourth-order valence-electron chi connectivity index (χ4n) is 2.57. The van der Waals surface area contributed by atoms with Crippen LogP contribution in [-0.2, 0) is 16.1 Å². The van der Waals surface area contributed by atoms with Crippen molar-refractivity contribution in [3.63, 3.8) is 0 Å². The second-order valence-corrected chi connectivity index (χ2v) is 5.01. The number of hydrogen-bond acceptors (Lipinski definition) is 5. The Bertz CT molecular complexity index is 765. The quantitative estimate of drug-likeness (QED) is 0.609. The van der Waals surface area contributed by atoms with Crippen molar-refractivity contribution in [2.24, 2.45) is 0 Å². The molecule has 1 amide bonds. The van der Waals surface area contributed by atoms with Crippen LogP contribution in [0.1, 0.15) is 16.9 Å². The van der Waals surface area contributed by atoms with Crippen LogP contribution < -0.4 is 0 Å². The molecule has 0 radical (unpaired) electrons. The summed E-state index contributed by atoms with van der Waals surface area (Å²) in [6, 6.07) is 1.24. The predicted molar refractivity (Wildman–Crippen MR) is 78.2 cm³/mol. The minimum absolute atomic E-state index is 0.0335. The van der Waals surface area contributed by atoms with E-state index in [0.29, 0.717) is 30.2 Å². The summed E-state index contributed by atoms with van der Waals surface area (Å²) < 4.78 is 1.45. The molecule has 1 aliphatic rings. The lowest BCUT2D eigenvalue weighted by Gasteiger charge is -2.29. The van der Waals surface area contributed by atoms with Gasteiger partial charge in [0.25, 0.3) is 0 Å². The molecule has 0 saturated heterocycles. The Labute approximate surface area is 126 Å². The zero-order chi connectivity index (χ0) is 15.5. The summed E-state index contributed by atoms with van der Waals surface area (Å²) >= 11 is 0. The van der Waals surface area contributed by atoms with Gasteiger partial charge < -0.3 is 9.69 Å². The van der Waals surface area contributed by atoms with Gasteiger partial charge in [-0.25, -0.2) is 0 Å². The second-order valence-electron chi connectivity index (χ2n) is 5.01. The van der Waals surface area contributed by atoms with Crippen LogP contribution in [0.3, 0.4) is 0 Å². The molecule has 0 bridgehead atoms. The van der Waals surface area contributed by atoms with Crippen molar-refractivity contribution >= 4 is 29.4 Å². The molecule has 0 aliphatic carbocycles. The van der Waals surface area contributed by atoms with Crippen LogP contribution in [0.5, 0.6) is 0 Å². The van der Waals surface area contributed by atoms with Gasteiger partial charge in [-0.05, 0) is 12.5 Å². The molecule has 2 aromatic heterocycles. The molecule has 0 saturated carbocycles. The summed E-state index contributed by atoms with van der Waals surface area (Å²) in [5.41, 5.74) is 0.892. The first-order valence-corrected chi connectivity index (χ1v) is 6.90. The first-order valence-electron chi connectivity index (χ1n) is 6.90. The largest absolute Gasteiger partial charge is 0.327 e. The molecule has 3 rings (SSSR count). The van der Waals surface area contributed by atoms with Gasteiger partial charge in [0.1, 0.15) is 18.5 Å². The summed E-state index contributed by atoms with van der Waals surface area (Å²) in [6.07, 6.45) is 8.84. The van der Waals surface area contributed by atoms with Gasteiger partial charge >= 0.3 is 0 Å². The fourth-order valence-corrected chi connectivity index (χ4v) is 2.57. The topological polar surface area (TPSA) is 85.2 Å². The third-order valence-corrected chi connectivity index (χ3v) is 3.70. The maximum atomic E-state index is 12.4. The highest BCUT2D eigenvalue weighted by molar-refractivity contribution is 5.95. The Kier molecular flexibility index (Phi) is 3.78. The SMILES string of the molecule is O=Cc1nn(CC(=O)N2CC=CCC2C=O)c2cnccc12. The number of amides is 1. The summed E-state index contributed by atoms with van der Waals surface area (Å²) in [7, 11) is 0. The van der Waals surface area contributed by atoms with Gasteiger partial charge in [0.05, 0.1) is 17.8 Å². The minimum Gasteiger partial charge on any atom is -0.327 e. The maximum Gasteiger partial charge on any atom is 0.245 e. The molecule has 1 unspecified atom stereocenters. The molecule has 7 nitrogen and oxygen atoms in total. The summed E-state index contributed by atoms with van der Waals surface area (Å²) in [4.78, 5) is 40.1. The Morgan fingerprint density at radius 1 is 1.36 bits per heavy atom. The second kappa shape index (κ2) is 5.88. The number of pyridine rings is 1. The Hall–Kier alpha value is -2.83. The van der Waals surface area contributed by atoms with E-state index in [1.807, 2.05) is 12.2 Å². The Morgan fingerprint density at radius 3 is 3.00 bits per heavy atom. The first-order chi connectivity index (χ1) is 10.7. The van der Waals surface area contributed by atoms with Gasteiger partial charge in [0.2, 0.25) is 5.91 Å². The van der Waals surface area contributed by atoms with Crippen molar-refractivity contribution in [1.29, 1.82) is 0 Å². The average molecular weight is 298 g/mol. The molecular formula is C15H14N4O3. The van der Waals surface area contributed by atoms with Crippen molar-refractivity contribution in [1.82, 2.24) is 19.7 Å². The zero-order valence-corrected chi connectivity index (χ0v) is 11.8. The molecule has 7 heteroatoms. The monoisotopic (exact) mass is 298 g/mol. The third-order valence-electron chi connectivity index (χ3n) is 3.70. The van der Waals surface area contributed by atoms with Gasteiger partial charge in [-0.2, -0.15) is 5.10 Å². The summed E-state index contributed by atoms with van der Waals surface area (Å²) in [5.74, 6) is -0.216. The van der Waals surface area contributed by atoms with Crippen molar-refractivity contribution in [2.75, 3.05) is 6.54 Å². The van der Waals surface area contributed by atoms with Crippen molar-refractivity contribution < 1.29 is 14.4 Å². The number of aldehydes is 2. The number of fused-ring (bicyclic) bond motifs is 1. The van der Waals surface area contributed by atoms with Crippen LogP contribution >= 0.6 is 0 Å². The molecule has 112 valence electrons. The predicted octanol–water partition coefficient (Wildman–Crippen LogP) is 0.600. The highest BCUT2D eigenvalue weighted by Crippen LogP contribution is 2.17. The number of carbonyl (C=O) groups is 3. The van der Waals surface area contributed by atoms with E-state index < -0.39 is 6.04 Å². The summed E-state index contributed by atoms with van der Waals surface area (Å²) in [6.45, 7) is 0.369. The molecule has 0 aromatic carbocycles. The molecular weight excluding hydrogens is 284 g/mol. The molecule has 0 spiro atoms. The number of carbonyl (C=O) groups excluding carboxylic acids is 3. The Morgan fingerprint density at radius 2 is 2.23 bits per heavy atom. The van der Waals surface area contributed by atoms with Gasteiger partial charge in [-0.15, -0.1) is 0 Å². The van der Waals surface area contributed by atoms with Gasteiger partial charge in [0, 0.05) is 18.1 Å². The fraction of sp³-hybridized carbons (Fsp3) is 0.267. The smallest absolute Gasteiger partial charge is 0.245 e. The lowest BCUT2D eigenvalue weighted by Crippen LogP contribution is -2.44. The van der Waals surface area contributed by atoms with E-state index in [1.165, 1.54) is 9.58 Å². The molecule has 22 heavy (non-hydrogen) atoms. The van der Waals surface area contributed by atoms with E-state index >= 15 is 0 Å². The van der Waals surface area contributed by atoms with Crippen LogP contribution in [0.15, 0.2) is 30.6 Å². The molecule has 2 aromatic rings. The van der Waals surface area contributed by atoms with Gasteiger partial charge in [-0.3, -0.25) is 19.3 Å². The van der Waals surface area contributed by atoms with Crippen LogP contribution in [0, 0.1) is 0 Å². The van der Waals surface area contributed by atoms with E-state index in [-0.39, 0.29) is 18.1 Å². The van der Waals surface area contributed by atoms with Gasteiger partial charge in [0.15, 0.2) is 6.29 Å². The maximum absolute atomic E-state index is 12.4. The van der Waals surface area contributed by atoms with Gasteiger partial charge in [-0.1, -0.05) is 12.2 Å². The van der Waals surface area contributed by atoms with E-state index in [4.69, 9.17) is 0 Å². The number of aromatic nitrogens is 3. The molecule has 3 heterocycles. The van der Waals surface area contributed by atoms with Crippen molar-refractivity contribution in [2.45, 2.75) is 19.0 Å². The van der Waals surface area contributed by atoms with Crippen molar-refractivity contribution in [3.05, 3.63) is 36.3 Å². The summed E-state index contributed by atoms with van der Waals surface area (Å²) in [5, 5.41) is 4.80. The zero-order valence-electron chi connectivity index (χ0n) is 11.8. The first kappa shape index (κ1) is 14.1. The van der Waals surface area contributed by atoms with E-state index in [0.717, 1.165) is 6.29 Å². The number of rotatable bonds is 4. The normalized spacial score (nSPS) is 17.6. The number of nitrogens with zero attached hydrogens (tertiary/aromatic N) is 4. The lowest BCUT2D eigenvalue weighted by atomic mass is 10.1. The van der Waals surface area contributed by atoms with Crippen molar-refractivity contribution in [3.8, 4) is 0 Å². The minimum atomic E-state index is -0.442. The molecule has 1 atom stereocenters. The van der Waals surface area contributed by atoms with E-state index in [9.17, 15) is 14.4 Å². The van der Waals surface area contributed by atoms with Crippen LogP contribution in [0.4, 0.5) is 0 Å². The highest BCUT2D eigenvalue weighted by Gasteiger charge is 2.24. The Balaban J connectivity index is 1.89. The number of hydrogen-bond donors (Lipinski definition) is 0. The highest BCUT2D eigenvalue weighted by atomic mass is 16.2. The van der Waals surface area contributed by atoms with Crippen LogP contribution in [0.25, 0.3) is 10.9 Å². The molecule has 0 N–H and O–H groups in total. The lowest BCUT2D eigenvalue weighted by molar-refractivity contribution is -0.136. The van der Waals surface area contributed by atoms with Crippen LogP contribution in [0.2, 0.25) is 0 Å².